The summed E-state index contributed by atoms with van der Waals surface area (Å²) in [7, 11) is 0. The van der Waals surface area contributed by atoms with Crippen LogP contribution in [-0.4, -0.2) is 58.4 Å². The van der Waals surface area contributed by atoms with Crippen LogP contribution < -0.4 is 15.0 Å². The van der Waals surface area contributed by atoms with Gasteiger partial charge in [-0.25, -0.2) is 9.97 Å². The third-order valence-electron chi connectivity index (χ3n) is 6.60. The van der Waals surface area contributed by atoms with Gasteiger partial charge in [0.15, 0.2) is 0 Å². The van der Waals surface area contributed by atoms with Crippen LogP contribution in [0.5, 0.6) is 5.75 Å². The van der Waals surface area contributed by atoms with Crippen molar-refractivity contribution in [2.45, 2.75) is 38.5 Å². The van der Waals surface area contributed by atoms with Gasteiger partial charge in [0, 0.05) is 38.3 Å². The lowest BCUT2D eigenvalue weighted by atomic mass is 9.94. The van der Waals surface area contributed by atoms with Crippen molar-refractivity contribution in [1.29, 1.82) is 0 Å². The molecule has 3 heterocycles. The number of hydrogen-bond donors (Lipinski definition) is 2. The molecular weight excluding hydrogens is 414 g/mol. The van der Waals surface area contributed by atoms with Gasteiger partial charge < -0.3 is 20.1 Å². The predicted molar refractivity (Wildman–Crippen MR) is 130 cm³/mol. The highest BCUT2D eigenvalue weighted by Crippen LogP contribution is 2.29. The molecule has 0 aliphatic carbocycles. The maximum absolute atomic E-state index is 11.0. The molecule has 3 aromatic rings. The smallest absolute Gasteiger partial charge is 0.142 e. The molecule has 0 saturated carbocycles. The summed E-state index contributed by atoms with van der Waals surface area (Å²) in [4.78, 5) is 13.5. The van der Waals surface area contributed by atoms with E-state index in [2.05, 4.69) is 49.4 Å². The SMILES string of the molecule is CCOc1ccccc1Nc1cc(N2CCC(N3CCc4ccccc4C3)[C@H](O)C2)ncn1. The molecule has 2 aliphatic rings. The number of hydrogen-bond acceptors (Lipinski definition) is 7. The molecule has 0 amide bonds. The van der Waals surface area contributed by atoms with Gasteiger partial charge in [-0.2, -0.15) is 0 Å². The molecule has 1 fully saturated rings. The number of ether oxygens (including phenoxy) is 1. The number of para-hydroxylation sites is 2. The maximum Gasteiger partial charge on any atom is 0.142 e. The lowest BCUT2D eigenvalue weighted by Gasteiger charge is -2.43. The Hall–Kier alpha value is -3.16. The number of nitrogens with zero attached hydrogens (tertiary/aromatic N) is 4. The van der Waals surface area contributed by atoms with Gasteiger partial charge in [-0.3, -0.25) is 4.90 Å². The number of aliphatic hydroxyl groups excluding tert-OH is 1. The second-order valence-corrected chi connectivity index (χ2v) is 8.67. The second kappa shape index (κ2) is 9.77. The zero-order chi connectivity index (χ0) is 22.6. The molecule has 0 radical (unpaired) electrons. The molecule has 1 unspecified atom stereocenters. The van der Waals surface area contributed by atoms with Gasteiger partial charge in [-0.1, -0.05) is 36.4 Å². The fraction of sp³-hybridized carbons (Fsp3) is 0.385. The van der Waals surface area contributed by atoms with Crippen molar-refractivity contribution in [1.82, 2.24) is 14.9 Å². The number of aromatic nitrogens is 2. The first kappa shape index (κ1) is 21.7. The molecule has 7 nitrogen and oxygen atoms in total. The van der Waals surface area contributed by atoms with Gasteiger partial charge in [-0.15, -0.1) is 0 Å². The largest absolute Gasteiger partial charge is 0.492 e. The summed E-state index contributed by atoms with van der Waals surface area (Å²) in [5.74, 6) is 2.32. The van der Waals surface area contributed by atoms with Crippen LogP contribution in [-0.2, 0) is 13.0 Å². The number of anilines is 3. The number of aliphatic hydroxyl groups is 1. The summed E-state index contributed by atoms with van der Waals surface area (Å²) in [5.41, 5.74) is 3.69. The predicted octanol–water partition coefficient (Wildman–Crippen LogP) is 3.62. The van der Waals surface area contributed by atoms with E-state index in [0.29, 0.717) is 19.0 Å². The first-order chi connectivity index (χ1) is 16.2. The fourth-order valence-electron chi connectivity index (χ4n) is 4.93. The van der Waals surface area contributed by atoms with E-state index in [1.807, 2.05) is 37.3 Å². The summed E-state index contributed by atoms with van der Waals surface area (Å²) in [5, 5.41) is 14.4. The average molecular weight is 446 g/mol. The number of rotatable bonds is 6. The van der Waals surface area contributed by atoms with E-state index in [0.717, 1.165) is 49.7 Å². The molecule has 33 heavy (non-hydrogen) atoms. The molecule has 172 valence electrons. The summed E-state index contributed by atoms with van der Waals surface area (Å²) in [6, 6.07) is 18.6. The van der Waals surface area contributed by atoms with Gasteiger partial charge in [0.1, 0.15) is 23.7 Å². The topological polar surface area (TPSA) is 73.8 Å². The second-order valence-electron chi connectivity index (χ2n) is 8.67. The van der Waals surface area contributed by atoms with Gasteiger partial charge in [0.2, 0.25) is 0 Å². The lowest BCUT2D eigenvalue weighted by Crippen LogP contribution is -2.55. The first-order valence-corrected chi connectivity index (χ1v) is 11.8. The van der Waals surface area contributed by atoms with Crippen molar-refractivity contribution >= 4 is 17.3 Å². The van der Waals surface area contributed by atoms with Crippen molar-refractivity contribution in [3.05, 3.63) is 72.1 Å². The molecule has 7 heteroatoms. The Bertz CT molecular complexity index is 1090. The van der Waals surface area contributed by atoms with E-state index in [-0.39, 0.29) is 6.04 Å². The Balaban J connectivity index is 1.25. The van der Waals surface area contributed by atoms with Gasteiger partial charge in [0.25, 0.3) is 0 Å². The van der Waals surface area contributed by atoms with Crippen LogP contribution in [0.15, 0.2) is 60.9 Å². The zero-order valence-electron chi connectivity index (χ0n) is 19.0. The van der Waals surface area contributed by atoms with Crippen molar-refractivity contribution in [2.24, 2.45) is 0 Å². The first-order valence-electron chi connectivity index (χ1n) is 11.8. The summed E-state index contributed by atoms with van der Waals surface area (Å²) >= 11 is 0. The standard InChI is InChI=1S/C26H31N5O2/c1-2-33-24-10-6-5-9-21(24)29-25-15-26(28-18-27-25)31-14-12-22(23(32)17-31)30-13-11-19-7-3-4-8-20(19)16-30/h3-10,15,18,22-23,32H,2,11-14,16-17H2,1H3,(H,27,28,29)/t22?,23-/m1/s1. The minimum Gasteiger partial charge on any atom is -0.492 e. The Morgan fingerprint density at radius 1 is 1.06 bits per heavy atom. The Kier molecular flexibility index (Phi) is 6.41. The van der Waals surface area contributed by atoms with E-state index in [9.17, 15) is 5.11 Å². The molecule has 2 aliphatic heterocycles. The zero-order valence-corrected chi connectivity index (χ0v) is 19.0. The van der Waals surface area contributed by atoms with Crippen molar-refractivity contribution in [2.75, 3.05) is 36.5 Å². The summed E-state index contributed by atoms with van der Waals surface area (Å²) in [6.07, 6.45) is 3.10. The van der Waals surface area contributed by atoms with Crippen LogP contribution in [0.3, 0.4) is 0 Å². The van der Waals surface area contributed by atoms with Crippen LogP contribution >= 0.6 is 0 Å². The van der Waals surface area contributed by atoms with E-state index in [1.165, 1.54) is 11.1 Å². The third-order valence-corrected chi connectivity index (χ3v) is 6.60. The van der Waals surface area contributed by atoms with Crippen LogP contribution in [0.2, 0.25) is 0 Å². The molecule has 0 spiro atoms. The molecule has 1 saturated heterocycles. The highest BCUT2D eigenvalue weighted by atomic mass is 16.5. The molecule has 2 atom stereocenters. The van der Waals surface area contributed by atoms with Crippen molar-refractivity contribution in [3.63, 3.8) is 0 Å². The molecule has 0 bridgehead atoms. The van der Waals surface area contributed by atoms with E-state index in [1.54, 1.807) is 6.33 Å². The van der Waals surface area contributed by atoms with Gasteiger partial charge in [0.05, 0.1) is 18.4 Å². The molecular formula is C26H31N5O2. The minimum atomic E-state index is -0.422. The normalized spacial score (nSPS) is 20.8. The molecule has 2 N–H and O–H groups in total. The monoisotopic (exact) mass is 445 g/mol. The maximum atomic E-state index is 11.0. The lowest BCUT2D eigenvalue weighted by molar-refractivity contribution is 0.0293. The molecule has 2 aromatic carbocycles. The third kappa shape index (κ3) is 4.79. The van der Waals surface area contributed by atoms with E-state index in [4.69, 9.17) is 4.74 Å². The van der Waals surface area contributed by atoms with Crippen LogP contribution in [0.4, 0.5) is 17.3 Å². The number of piperidine rings is 1. The number of β-amino-alcohol motifs (C(OH)–C–C–N with tert-alkyl or cyclic N) is 1. The number of fused-ring (bicyclic) bond motifs is 1. The minimum absolute atomic E-state index is 0.173. The van der Waals surface area contributed by atoms with E-state index >= 15 is 0 Å². The van der Waals surface area contributed by atoms with Crippen LogP contribution in [0.1, 0.15) is 24.5 Å². The highest BCUT2D eigenvalue weighted by molar-refractivity contribution is 5.65. The summed E-state index contributed by atoms with van der Waals surface area (Å²) < 4.78 is 5.71. The van der Waals surface area contributed by atoms with Crippen molar-refractivity contribution in [3.8, 4) is 5.75 Å². The number of nitrogens with one attached hydrogen (secondary N) is 1. The van der Waals surface area contributed by atoms with Crippen LogP contribution in [0, 0.1) is 0 Å². The van der Waals surface area contributed by atoms with Gasteiger partial charge >= 0.3 is 0 Å². The Morgan fingerprint density at radius 3 is 2.73 bits per heavy atom. The van der Waals surface area contributed by atoms with Crippen LogP contribution in [0.25, 0.3) is 0 Å². The van der Waals surface area contributed by atoms with E-state index < -0.39 is 6.10 Å². The Labute approximate surface area is 195 Å². The molecule has 1 aromatic heterocycles. The highest BCUT2D eigenvalue weighted by Gasteiger charge is 2.34. The van der Waals surface area contributed by atoms with Gasteiger partial charge in [-0.05, 0) is 43.0 Å². The van der Waals surface area contributed by atoms with Crippen molar-refractivity contribution < 1.29 is 9.84 Å². The average Bonchev–Trinajstić information content (AvgIpc) is 2.85. The fourth-order valence-corrected chi connectivity index (χ4v) is 4.93. The Morgan fingerprint density at radius 2 is 1.88 bits per heavy atom. The summed E-state index contributed by atoms with van der Waals surface area (Å²) in [6.45, 7) is 5.90. The number of benzene rings is 2. The quantitative estimate of drug-likeness (QED) is 0.600. The molecule has 5 rings (SSSR count).